The van der Waals surface area contributed by atoms with Gasteiger partial charge in [-0.05, 0) is 31.0 Å². The molecule has 0 fully saturated rings. The van der Waals surface area contributed by atoms with Crippen molar-refractivity contribution >= 4 is 22.0 Å². The number of hydrogen-bond donors (Lipinski definition) is 0. The number of ether oxygens (including phenoxy) is 3. The Labute approximate surface area is 160 Å². The summed E-state index contributed by atoms with van der Waals surface area (Å²) in [6.07, 6.45) is 1.22. The SMILES string of the molecule is CCC(CC)N(CCOC)S(=O)(=O)c1cc(C(=O)OC)cc(C(=O)OC)c1. The van der Waals surface area contributed by atoms with Gasteiger partial charge in [0, 0.05) is 19.7 Å². The lowest BCUT2D eigenvalue weighted by Crippen LogP contribution is -2.41. The van der Waals surface area contributed by atoms with E-state index in [9.17, 15) is 18.0 Å². The molecule has 152 valence electrons. The maximum atomic E-state index is 13.3. The summed E-state index contributed by atoms with van der Waals surface area (Å²) in [5.74, 6) is -1.49. The molecule has 0 aromatic heterocycles. The molecule has 1 aromatic rings. The minimum absolute atomic E-state index is 0.0461. The fourth-order valence-corrected chi connectivity index (χ4v) is 4.56. The highest BCUT2D eigenvalue weighted by Crippen LogP contribution is 2.24. The molecule has 1 aromatic carbocycles. The standard InChI is InChI=1S/C18H27NO7S/c1-6-15(7-2)19(8-9-24-3)27(22,23)16-11-13(17(20)25-4)10-14(12-16)18(21)26-5/h10-12,15H,6-9H2,1-5H3. The van der Waals surface area contributed by atoms with Crippen LogP contribution in [0.3, 0.4) is 0 Å². The number of benzene rings is 1. The fraction of sp³-hybridized carbons (Fsp3) is 0.556. The minimum Gasteiger partial charge on any atom is -0.465 e. The Bertz CT molecular complexity index is 723. The van der Waals surface area contributed by atoms with Crippen LogP contribution in [0.15, 0.2) is 23.1 Å². The number of nitrogens with zero attached hydrogens (tertiary/aromatic N) is 1. The van der Waals surface area contributed by atoms with Crippen molar-refractivity contribution in [3.05, 3.63) is 29.3 Å². The molecule has 8 nitrogen and oxygen atoms in total. The molecule has 0 saturated carbocycles. The topological polar surface area (TPSA) is 99.2 Å². The van der Waals surface area contributed by atoms with E-state index in [1.54, 1.807) is 0 Å². The van der Waals surface area contributed by atoms with E-state index in [-0.39, 0.29) is 35.2 Å². The number of carbonyl (C=O) groups excluding carboxylic acids is 2. The van der Waals surface area contributed by atoms with E-state index >= 15 is 0 Å². The van der Waals surface area contributed by atoms with Crippen molar-refractivity contribution in [2.75, 3.05) is 34.5 Å². The first kappa shape index (κ1) is 23.1. The molecule has 0 heterocycles. The second kappa shape index (κ2) is 10.4. The molecular formula is C18H27NO7S. The lowest BCUT2D eigenvalue weighted by molar-refractivity contribution is 0.0598. The van der Waals surface area contributed by atoms with Crippen LogP contribution < -0.4 is 0 Å². The van der Waals surface area contributed by atoms with Gasteiger partial charge in [0.2, 0.25) is 10.0 Å². The van der Waals surface area contributed by atoms with Crippen LogP contribution in [-0.4, -0.2) is 65.2 Å². The van der Waals surface area contributed by atoms with Crippen molar-refractivity contribution in [2.45, 2.75) is 37.6 Å². The van der Waals surface area contributed by atoms with Gasteiger partial charge in [-0.1, -0.05) is 13.8 Å². The van der Waals surface area contributed by atoms with E-state index in [1.165, 1.54) is 43.8 Å². The maximum absolute atomic E-state index is 13.3. The molecule has 0 aliphatic carbocycles. The zero-order chi connectivity index (χ0) is 20.6. The lowest BCUT2D eigenvalue weighted by atomic mass is 10.1. The van der Waals surface area contributed by atoms with Gasteiger partial charge in [-0.2, -0.15) is 4.31 Å². The Morgan fingerprint density at radius 3 is 1.81 bits per heavy atom. The van der Waals surface area contributed by atoms with Crippen molar-refractivity contribution in [2.24, 2.45) is 0 Å². The van der Waals surface area contributed by atoms with Crippen molar-refractivity contribution in [3.63, 3.8) is 0 Å². The third kappa shape index (κ3) is 5.50. The van der Waals surface area contributed by atoms with Crippen LogP contribution in [-0.2, 0) is 24.2 Å². The highest BCUT2D eigenvalue weighted by Gasteiger charge is 2.31. The Morgan fingerprint density at radius 1 is 0.963 bits per heavy atom. The van der Waals surface area contributed by atoms with Crippen molar-refractivity contribution in [3.8, 4) is 0 Å². The van der Waals surface area contributed by atoms with Crippen LogP contribution in [0.2, 0.25) is 0 Å². The first-order valence-electron chi connectivity index (χ1n) is 8.59. The van der Waals surface area contributed by atoms with Gasteiger partial charge in [0.25, 0.3) is 0 Å². The van der Waals surface area contributed by atoms with Crippen molar-refractivity contribution < 1.29 is 32.2 Å². The summed E-state index contributed by atoms with van der Waals surface area (Å²) in [5, 5.41) is 0. The van der Waals surface area contributed by atoms with E-state index in [2.05, 4.69) is 9.47 Å². The number of sulfonamides is 1. The maximum Gasteiger partial charge on any atom is 0.337 e. The van der Waals surface area contributed by atoms with E-state index < -0.39 is 22.0 Å². The summed E-state index contributed by atoms with van der Waals surface area (Å²) in [6, 6.07) is 3.41. The number of methoxy groups -OCH3 is 3. The molecule has 0 unspecified atom stereocenters. The van der Waals surface area contributed by atoms with Gasteiger partial charge in [-0.25, -0.2) is 18.0 Å². The van der Waals surface area contributed by atoms with Gasteiger partial charge in [-0.15, -0.1) is 0 Å². The van der Waals surface area contributed by atoms with Crippen LogP contribution >= 0.6 is 0 Å². The summed E-state index contributed by atoms with van der Waals surface area (Å²) in [5.41, 5.74) is -0.0922. The predicted octanol–water partition coefficient (Wildman–Crippen LogP) is 2.09. The third-order valence-electron chi connectivity index (χ3n) is 4.22. The minimum atomic E-state index is -3.99. The average Bonchev–Trinajstić information content (AvgIpc) is 2.69. The monoisotopic (exact) mass is 401 g/mol. The predicted molar refractivity (Wildman–Crippen MR) is 99.3 cm³/mol. The van der Waals surface area contributed by atoms with Crippen molar-refractivity contribution in [1.29, 1.82) is 0 Å². The molecule has 0 spiro atoms. The van der Waals surface area contributed by atoms with Crippen LogP contribution in [0.1, 0.15) is 47.4 Å². The van der Waals surface area contributed by atoms with Crippen molar-refractivity contribution in [1.82, 2.24) is 4.31 Å². The number of esters is 2. The third-order valence-corrected chi connectivity index (χ3v) is 6.15. The number of hydrogen-bond acceptors (Lipinski definition) is 7. The molecule has 0 aliphatic heterocycles. The summed E-state index contributed by atoms with van der Waals surface area (Å²) in [4.78, 5) is 23.7. The Morgan fingerprint density at radius 2 is 1.44 bits per heavy atom. The first-order chi connectivity index (χ1) is 12.8. The number of carbonyl (C=O) groups is 2. The second-order valence-electron chi connectivity index (χ2n) is 5.81. The van der Waals surface area contributed by atoms with Gasteiger partial charge in [-0.3, -0.25) is 0 Å². The highest BCUT2D eigenvalue weighted by molar-refractivity contribution is 7.89. The van der Waals surface area contributed by atoms with E-state index in [0.717, 1.165) is 0 Å². The van der Waals surface area contributed by atoms with Crippen LogP contribution in [0.25, 0.3) is 0 Å². The van der Waals surface area contributed by atoms with E-state index in [4.69, 9.17) is 4.74 Å². The van der Waals surface area contributed by atoms with Crippen LogP contribution in [0.5, 0.6) is 0 Å². The molecule has 27 heavy (non-hydrogen) atoms. The zero-order valence-corrected chi connectivity index (χ0v) is 17.2. The van der Waals surface area contributed by atoms with E-state index in [0.29, 0.717) is 12.8 Å². The van der Waals surface area contributed by atoms with Gasteiger partial charge >= 0.3 is 11.9 Å². The molecular weight excluding hydrogens is 374 g/mol. The molecule has 0 amide bonds. The molecule has 0 atom stereocenters. The molecule has 1 rings (SSSR count). The summed E-state index contributed by atoms with van der Waals surface area (Å²) in [6.45, 7) is 4.17. The van der Waals surface area contributed by atoms with Gasteiger partial charge in [0.1, 0.15) is 0 Å². The summed E-state index contributed by atoms with van der Waals surface area (Å²) < 4.78 is 42.3. The summed E-state index contributed by atoms with van der Waals surface area (Å²) in [7, 11) is -0.142. The fourth-order valence-electron chi connectivity index (χ4n) is 2.73. The molecule has 9 heteroatoms. The molecule has 0 bridgehead atoms. The molecule has 0 aliphatic rings. The lowest BCUT2D eigenvalue weighted by Gasteiger charge is -2.29. The quantitative estimate of drug-likeness (QED) is 0.554. The van der Waals surface area contributed by atoms with E-state index in [1.807, 2.05) is 13.8 Å². The molecule has 0 radical (unpaired) electrons. The Balaban J connectivity index is 3.56. The zero-order valence-electron chi connectivity index (χ0n) is 16.4. The molecule has 0 saturated heterocycles. The normalized spacial score (nSPS) is 11.7. The van der Waals surface area contributed by atoms with Gasteiger partial charge in [0.15, 0.2) is 0 Å². The first-order valence-corrected chi connectivity index (χ1v) is 10.0. The largest absolute Gasteiger partial charge is 0.465 e. The average molecular weight is 401 g/mol. The van der Waals surface area contributed by atoms with Gasteiger partial charge < -0.3 is 14.2 Å². The summed E-state index contributed by atoms with van der Waals surface area (Å²) >= 11 is 0. The van der Waals surface area contributed by atoms with Gasteiger partial charge in [0.05, 0.1) is 36.8 Å². The Hall–Kier alpha value is -1.97. The Kier molecular flexibility index (Phi) is 8.87. The van der Waals surface area contributed by atoms with Crippen LogP contribution in [0.4, 0.5) is 0 Å². The second-order valence-corrected chi connectivity index (χ2v) is 7.70. The number of rotatable bonds is 10. The highest BCUT2D eigenvalue weighted by atomic mass is 32.2. The van der Waals surface area contributed by atoms with Crippen LogP contribution in [0, 0.1) is 0 Å². The smallest absolute Gasteiger partial charge is 0.337 e. The molecule has 0 N–H and O–H groups in total.